The summed E-state index contributed by atoms with van der Waals surface area (Å²) < 4.78 is 0. The number of allylic oxidation sites excluding steroid dienone is 1. The Hall–Kier alpha value is -0.300. The SMILES string of the molecule is C=CCCCCCC(C)CCNCCC. The van der Waals surface area contributed by atoms with Gasteiger partial charge < -0.3 is 5.32 Å². The summed E-state index contributed by atoms with van der Waals surface area (Å²) in [5.41, 5.74) is 0. The van der Waals surface area contributed by atoms with E-state index in [1.807, 2.05) is 6.08 Å². The van der Waals surface area contributed by atoms with E-state index in [9.17, 15) is 0 Å². The normalized spacial score (nSPS) is 12.7. The molecule has 0 radical (unpaired) electrons. The first kappa shape index (κ1) is 14.7. The Bertz CT molecular complexity index is 131. The van der Waals surface area contributed by atoms with Crippen molar-refractivity contribution in [3.8, 4) is 0 Å². The van der Waals surface area contributed by atoms with Crippen LogP contribution >= 0.6 is 0 Å². The maximum atomic E-state index is 3.74. The van der Waals surface area contributed by atoms with Crippen molar-refractivity contribution in [3.63, 3.8) is 0 Å². The zero-order valence-electron chi connectivity index (χ0n) is 10.7. The van der Waals surface area contributed by atoms with Crippen LogP contribution in [0.5, 0.6) is 0 Å². The third-order valence-corrected chi connectivity index (χ3v) is 2.85. The minimum Gasteiger partial charge on any atom is -0.317 e. The van der Waals surface area contributed by atoms with Crippen LogP contribution in [0.1, 0.15) is 58.8 Å². The highest BCUT2D eigenvalue weighted by molar-refractivity contribution is 4.65. The van der Waals surface area contributed by atoms with Crippen molar-refractivity contribution in [2.24, 2.45) is 5.92 Å². The number of hydrogen-bond acceptors (Lipinski definition) is 1. The van der Waals surface area contributed by atoms with Gasteiger partial charge in [0.25, 0.3) is 0 Å². The summed E-state index contributed by atoms with van der Waals surface area (Å²) in [6, 6.07) is 0. The van der Waals surface area contributed by atoms with Crippen LogP contribution in [0, 0.1) is 5.92 Å². The van der Waals surface area contributed by atoms with Crippen LogP contribution in [0.2, 0.25) is 0 Å². The lowest BCUT2D eigenvalue weighted by molar-refractivity contribution is 0.446. The first-order valence-corrected chi connectivity index (χ1v) is 6.62. The van der Waals surface area contributed by atoms with E-state index in [0.29, 0.717) is 0 Å². The molecule has 1 heteroatoms. The van der Waals surface area contributed by atoms with Gasteiger partial charge in [0.1, 0.15) is 0 Å². The van der Waals surface area contributed by atoms with E-state index < -0.39 is 0 Å². The zero-order valence-corrected chi connectivity index (χ0v) is 10.7. The lowest BCUT2D eigenvalue weighted by Gasteiger charge is -2.11. The number of hydrogen-bond donors (Lipinski definition) is 1. The van der Waals surface area contributed by atoms with Gasteiger partial charge in [-0.2, -0.15) is 0 Å². The second-order valence-corrected chi connectivity index (χ2v) is 4.57. The standard InChI is InChI=1S/C14H29N/c1-4-6-7-8-9-10-14(3)11-13-15-12-5-2/h4,14-15H,1,5-13H2,2-3H3. The molecule has 1 N–H and O–H groups in total. The van der Waals surface area contributed by atoms with Crippen molar-refractivity contribution in [2.75, 3.05) is 13.1 Å². The van der Waals surface area contributed by atoms with E-state index in [2.05, 4.69) is 25.7 Å². The largest absolute Gasteiger partial charge is 0.317 e. The summed E-state index contributed by atoms with van der Waals surface area (Å²) in [6.07, 6.45) is 11.3. The third-order valence-electron chi connectivity index (χ3n) is 2.85. The molecule has 0 rings (SSSR count). The third kappa shape index (κ3) is 11.6. The molecule has 0 saturated carbocycles. The molecule has 1 nitrogen and oxygen atoms in total. The Morgan fingerprint density at radius 1 is 1.13 bits per heavy atom. The monoisotopic (exact) mass is 211 g/mol. The number of unbranched alkanes of at least 4 members (excludes halogenated alkanes) is 3. The van der Waals surface area contributed by atoms with Crippen LogP contribution in [0.15, 0.2) is 12.7 Å². The van der Waals surface area contributed by atoms with Gasteiger partial charge in [0.05, 0.1) is 0 Å². The van der Waals surface area contributed by atoms with Gasteiger partial charge in [0.15, 0.2) is 0 Å². The molecule has 0 saturated heterocycles. The van der Waals surface area contributed by atoms with E-state index in [1.165, 1.54) is 58.0 Å². The summed E-state index contributed by atoms with van der Waals surface area (Å²) >= 11 is 0. The Kier molecular flexibility index (Phi) is 11.5. The number of rotatable bonds is 11. The Balaban J connectivity index is 3.11. The van der Waals surface area contributed by atoms with Crippen LogP contribution in [0.25, 0.3) is 0 Å². The van der Waals surface area contributed by atoms with E-state index in [1.54, 1.807) is 0 Å². The minimum absolute atomic E-state index is 0.887. The smallest absolute Gasteiger partial charge is 0.00464 e. The molecule has 1 unspecified atom stereocenters. The molecule has 0 aromatic rings. The Morgan fingerprint density at radius 2 is 1.93 bits per heavy atom. The van der Waals surface area contributed by atoms with Gasteiger partial charge in [-0.25, -0.2) is 0 Å². The van der Waals surface area contributed by atoms with Gasteiger partial charge in [0, 0.05) is 0 Å². The molecule has 0 aliphatic rings. The summed E-state index contributed by atoms with van der Waals surface area (Å²) in [5, 5.41) is 3.46. The fraction of sp³-hybridized carbons (Fsp3) is 0.857. The van der Waals surface area contributed by atoms with E-state index >= 15 is 0 Å². The molecule has 0 aromatic heterocycles. The highest BCUT2D eigenvalue weighted by Gasteiger charge is 2.00. The molecule has 0 amide bonds. The van der Waals surface area contributed by atoms with Crippen LogP contribution in [-0.4, -0.2) is 13.1 Å². The topological polar surface area (TPSA) is 12.0 Å². The van der Waals surface area contributed by atoms with Gasteiger partial charge in [0.2, 0.25) is 0 Å². The molecule has 0 aliphatic heterocycles. The molecule has 15 heavy (non-hydrogen) atoms. The second-order valence-electron chi connectivity index (χ2n) is 4.57. The van der Waals surface area contributed by atoms with Crippen LogP contribution in [0.4, 0.5) is 0 Å². The molecule has 0 spiro atoms. The van der Waals surface area contributed by atoms with Crippen molar-refractivity contribution in [3.05, 3.63) is 12.7 Å². The summed E-state index contributed by atoms with van der Waals surface area (Å²) in [7, 11) is 0. The van der Waals surface area contributed by atoms with Crippen molar-refractivity contribution in [1.82, 2.24) is 5.32 Å². The predicted octanol–water partition coefficient (Wildman–Crippen LogP) is 4.15. The van der Waals surface area contributed by atoms with E-state index in [-0.39, 0.29) is 0 Å². The van der Waals surface area contributed by atoms with Crippen molar-refractivity contribution >= 4 is 0 Å². The maximum Gasteiger partial charge on any atom is -0.00464 e. The van der Waals surface area contributed by atoms with E-state index in [0.717, 1.165) is 5.92 Å². The average molecular weight is 211 g/mol. The Labute approximate surface area is 96.3 Å². The van der Waals surface area contributed by atoms with Crippen molar-refractivity contribution in [2.45, 2.75) is 58.8 Å². The molecule has 0 aromatic carbocycles. The molecule has 0 aliphatic carbocycles. The highest BCUT2D eigenvalue weighted by Crippen LogP contribution is 2.13. The summed E-state index contributed by atoms with van der Waals surface area (Å²) in [4.78, 5) is 0. The fourth-order valence-corrected chi connectivity index (χ4v) is 1.75. The maximum absolute atomic E-state index is 3.74. The Morgan fingerprint density at radius 3 is 2.60 bits per heavy atom. The second kappa shape index (κ2) is 11.8. The van der Waals surface area contributed by atoms with Gasteiger partial charge in [-0.3, -0.25) is 0 Å². The van der Waals surface area contributed by atoms with Gasteiger partial charge in [-0.1, -0.05) is 39.2 Å². The van der Waals surface area contributed by atoms with Gasteiger partial charge in [-0.05, 0) is 44.7 Å². The lowest BCUT2D eigenvalue weighted by Crippen LogP contribution is -2.18. The van der Waals surface area contributed by atoms with Gasteiger partial charge in [-0.15, -0.1) is 6.58 Å². The molecule has 1 atom stereocenters. The van der Waals surface area contributed by atoms with Crippen molar-refractivity contribution < 1.29 is 0 Å². The number of nitrogens with one attached hydrogen (secondary N) is 1. The van der Waals surface area contributed by atoms with Crippen LogP contribution in [-0.2, 0) is 0 Å². The zero-order chi connectivity index (χ0) is 11.4. The fourth-order valence-electron chi connectivity index (χ4n) is 1.75. The average Bonchev–Trinajstić information content (AvgIpc) is 2.24. The molecule has 0 heterocycles. The first-order valence-electron chi connectivity index (χ1n) is 6.62. The van der Waals surface area contributed by atoms with E-state index in [4.69, 9.17) is 0 Å². The molecular weight excluding hydrogens is 182 g/mol. The molecule has 0 fully saturated rings. The molecular formula is C14H29N. The quantitative estimate of drug-likeness (QED) is 0.400. The van der Waals surface area contributed by atoms with Crippen LogP contribution in [0.3, 0.4) is 0 Å². The molecule has 0 bridgehead atoms. The summed E-state index contributed by atoms with van der Waals surface area (Å²) in [6.45, 7) is 10.7. The van der Waals surface area contributed by atoms with Gasteiger partial charge >= 0.3 is 0 Å². The predicted molar refractivity (Wildman–Crippen MR) is 70.2 cm³/mol. The van der Waals surface area contributed by atoms with Crippen LogP contribution < -0.4 is 5.32 Å². The highest BCUT2D eigenvalue weighted by atomic mass is 14.8. The summed E-state index contributed by atoms with van der Waals surface area (Å²) in [5.74, 6) is 0.887. The molecule has 90 valence electrons. The van der Waals surface area contributed by atoms with Crippen molar-refractivity contribution in [1.29, 1.82) is 0 Å². The minimum atomic E-state index is 0.887. The lowest BCUT2D eigenvalue weighted by atomic mass is 9.99. The first-order chi connectivity index (χ1) is 7.31.